The molecule has 0 aliphatic carbocycles. The van der Waals surface area contributed by atoms with Crippen molar-refractivity contribution in [2.75, 3.05) is 43.5 Å². The van der Waals surface area contributed by atoms with Crippen LogP contribution in [0.25, 0.3) is 22.4 Å². The maximum Gasteiger partial charge on any atom is 0.407 e. The number of rotatable bonds is 9. The summed E-state index contributed by atoms with van der Waals surface area (Å²) in [5.41, 5.74) is 5.55. The number of alkyl carbamates (subject to hydrolysis) is 1. The molecule has 0 unspecified atom stereocenters. The monoisotopic (exact) mass is 712 g/mol. The summed E-state index contributed by atoms with van der Waals surface area (Å²) in [6.07, 6.45) is 4.45. The number of aryl methyl sites for hydroxylation is 1. The Morgan fingerprint density at radius 2 is 1.82 bits per heavy atom. The molecule has 51 heavy (non-hydrogen) atoms. The molecule has 0 radical (unpaired) electrons. The van der Waals surface area contributed by atoms with E-state index in [9.17, 15) is 14.4 Å². The van der Waals surface area contributed by atoms with Crippen molar-refractivity contribution in [3.8, 4) is 22.4 Å². The lowest BCUT2D eigenvalue weighted by Gasteiger charge is -2.34. The van der Waals surface area contributed by atoms with Crippen LogP contribution >= 0.6 is 11.6 Å². The molecule has 2 fully saturated rings. The molecule has 2 aromatic carbocycles. The van der Waals surface area contributed by atoms with Crippen LogP contribution in [-0.2, 0) is 9.53 Å². The van der Waals surface area contributed by atoms with E-state index in [0.717, 1.165) is 66.2 Å². The van der Waals surface area contributed by atoms with Gasteiger partial charge in [-0.05, 0) is 73.6 Å². The minimum absolute atomic E-state index is 0.107. The van der Waals surface area contributed by atoms with Crippen molar-refractivity contribution in [2.45, 2.75) is 58.7 Å². The fourth-order valence-corrected chi connectivity index (χ4v) is 7.03. The maximum atomic E-state index is 13.5. The molecule has 2 saturated heterocycles. The van der Waals surface area contributed by atoms with Gasteiger partial charge in [-0.2, -0.15) is 0 Å². The predicted octanol–water partition coefficient (Wildman–Crippen LogP) is 6.20. The highest BCUT2D eigenvalue weighted by Crippen LogP contribution is 2.35. The van der Waals surface area contributed by atoms with Gasteiger partial charge in [-0.25, -0.2) is 14.8 Å². The molecule has 4 aromatic rings. The number of hydrogen-bond donors (Lipinski definition) is 4. The predicted molar refractivity (Wildman–Crippen MR) is 199 cm³/mol. The van der Waals surface area contributed by atoms with Crippen molar-refractivity contribution in [2.24, 2.45) is 5.92 Å². The largest absolute Gasteiger partial charge is 0.453 e. The SMILES string of the molecule is COC(=O)N[C@H](C(=O)N1CCC[C@H]1c1nc(-c2ccc(-c3cc(Cl)c(NC(=O)c4ccc(N5CCNC[C@H]5C)nc4)cc3C)cc2)c[nH]1)C(C)C. The van der Waals surface area contributed by atoms with E-state index in [-0.39, 0.29) is 23.8 Å². The van der Waals surface area contributed by atoms with Gasteiger partial charge in [-0.15, -0.1) is 0 Å². The average Bonchev–Trinajstić information content (AvgIpc) is 3.83. The second kappa shape index (κ2) is 15.5. The average molecular weight is 713 g/mol. The summed E-state index contributed by atoms with van der Waals surface area (Å²) in [5.74, 6) is 1.04. The molecular weight excluding hydrogens is 668 g/mol. The van der Waals surface area contributed by atoms with E-state index in [4.69, 9.17) is 21.3 Å². The second-order valence-corrected chi connectivity index (χ2v) is 14.0. The van der Waals surface area contributed by atoms with Crippen molar-refractivity contribution < 1.29 is 19.1 Å². The Kier molecular flexibility index (Phi) is 10.9. The Labute approximate surface area is 303 Å². The van der Waals surface area contributed by atoms with Gasteiger partial charge < -0.3 is 35.5 Å². The van der Waals surface area contributed by atoms with Crippen LogP contribution in [0.3, 0.4) is 0 Å². The zero-order chi connectivity index (χ0) is 36.2. The lowest BCUT2D eigenvalue weighted by atomic mass is 9.98. The first kappa shape index (κ1) is 35.9. The van der Waals surface area contributed by atoms with E-state index in [0.29, 0.717) is 34.7 Å². The van der Waals surface area contributed by atoms with Gasteiger partial charge in [-0.1, -0.05) is 49.7 Å². The highest BCUT2D eigenvalue weighted by Gasteiger charge is 2.37. The number of H-pyrrole nitrogens is 1. The first-order chi connectivity index (χ1) is 24.5. The van der Waals surface area contributed by atoms with Crippen LogP contribution in [0, 0.1) is 12.8 Å². The quantitative estimate of drug-likeness (QED) is 0.161. The number of piperazine rings is 1. The van der Waals surface area contributed by atoms with Crippen molar-refractivity contribution >= 4 is 41.0 Å². The number of anilines is 2. The number of carbonyl (C=O) groups excluding carboxylic acids is 3. The fraction of sp³-hybridized carbons (Fsp3) is 0.395. The molecule has 4 heterocycles. The lowest BCUT2D eigenvalue weighted by molar-refractivity contribution is -0.135. The number of likely N-dealkylation sites (tertiary alicyclic amines) is 1. The Balaban J connectivity index is 1.12. The van der Waals surface area contributed by atoms with Gasteiger partial charge in [0.1, 0.15) is 17.7 Å². The molecule has 3 amide bonds. The van der Waals surface area contributed by atoms with Gasteiger partial charge in [-0.3, -0.25) is 9.59 Å². The molecule has 13 heteroatoms. The molecule has 12 nitrogen and oxygen atoms in total. The summed E-state index contributed by atoms with van der Waals surface area (Å²) in [7, 11) is 1.29. The third-order valence-corrected chi connectivity index (χ3v) is 10.0. The summed E-state index contributed by atoms with van der Waals surface area (Å²) >= 11 is 6.71. The summed E-state index contributed by atoms with van der Waals surface area (Å²) < 4.78 is 4.75. The number of imidazole rings is 1. The van der Waals surface area contributed by atoms with E-state index < -0.39 is 12.1 Å². The number of methoxy groups -OCH3 is 1. The van der Waals surface area contributed by atoms with Crippen LogP contribution in [0.1, 0.15) is 61.4 Å². The number of amides is 3. The summed E-state index contributed by atoms with van der Waals surface area (Å²) in [6.45, 7) is 11.2. The van der Waals surface area contributed by atoms with Crippen LogP contribution in [0.15, 0.2) is 60.9 Å². The molecule has 2 aromatic heterocycles. The standard InChI is InChI=1S/C38H45ClN8O4/c1-22(2)34(45-38(50)51-5)37(49)47-15-6-7-32(47)35-42-21-31(43-35)26-10-8-25(9-11-26)28-18-29(39)30(17-23(28)3)44-36(48)27-12-13-33(41-20-27)46-16-14-40-19-24(46)4/h8-13,17-18,20-22,24,32,34,40H,6-7,14-16,19H2,1-5H3,(H,42,43)(H,44,48)(H,45,50)/t24-,32+,34+/m1/s1. The molecule has 0 bridgehead atoms. The van der Waals surface area contributed by atoms with Crippen LogP contribution in [0.4, 0.5) is 16.3 Å². The van der Waals surface area contributed by atoms with Gasteiger partial charge in [0.2, 0.25) is 5.91 Å². The smallest absolute Gasteiger partial charge is 0.407 e. The first-order valence-electron chi connectivity index (χ1n) is 17.4. The molecule has 2 aliphatic rings. The highest BCUT2D eigenvalue weighted by molar-refractivity contribution is 6.34. The number of nitrogens with zero attached hydrogens (tertiary/aromatic N) is 4. The van der Waals surface area contributed by atoms with E-state index in [2.05, 4.69) is 37.7 Å². The van der Waals surface area contributed by atoms with E-state index in [1.807, 2.05) is 69.4 Å². The van der Waals surface area contributed by atoms with Gasteiger partial charge in [0.25, 0.3) is 5.91 Å². The summed E-state index contributed by atoms with van der Waals surface area (Å²) in [4.78, 5) is 55.3. The number of nitrogens with one attached hydrogen (secondary N) is 4. The zero-order valence-corrected chi connectivity index (χ0v) is 30.4. The zero-order valence-electron chi connectivity index (χ0n) is 29.6. The normalized spacial score (nSPS) is 18.1. The number of carbonyl (C=O) groups is 3. The van der Waals surface area contributed by atoms with E-state index >= 15 is 0 Å². The van der Waals surface area contributed by atoms with Crippen molar-refractivity contribution in [1.82, 2.24) is 30.5 Å². The third kappa shape index (κ3) is 7.87. The number of pyridine rings is 1. The maximum absolute atomic E-state index is 13.5. The third-order valence-electron chi connectivity index (χ3n) is 9.70. The minimum Gasteiger partial charge on any atom is -0.453 e. The number of aromatic amines is 1. The molecule has 268 valence electrons. The molecule has 3 atom stereocenters. The Hall–Kier alpha value is -4.94. The van der Waals surface area contributed by atoms with Crippen LogP contribution in [0.2, 0.25) is 5.02 Å². The summed E-state index contributed by atoms with van der Waals surface area (Å²) in [5, 5.41) is 9.44. The Bertz CT molecular complexity index is 1880. The van der Waals surface area contributed by atoms with Crippen LogP contribution < -0.4 is 20.9 Å². The molecular formula is C38H45ClN8O4. The van der Waals surface area contributed by atoms with Crippen molar-refractivity contribution in [3.63, 3.8) is 0 Å². The van der Waals surface area contributed by atoms with Gasteiger partial charge in [0.05, 0.1) is 35.1 Å². The van der Waals surface area contributed by atoms with Gasteiger partial charge in [0.15, 0.2) is 0 Å². The molecule has 2 aliphatic heterocycles. The van der Waals surface area contributed by atoms with Crippen LogP contribution in [0.5, 0.6) is 0 Å². The number of benzene rings is 2. The lowest BCUT2D eigenvalue weighted by Crippen LogP contribution is -2.51. The number of ether oxygens (including phenoxy) is 1. The number of hydrogen-bond acceptors (Lipinski definition) is 8. The highest BCUT2D eigenvalue weighted by atomic mass is 35.5. The van der Waals surface area contributed by atoms with E-state index in [1.54, 1.807) is 17.2 Å². The van der Waals surface area contributed by atoms with Crippen molar-refractivity contribution in [3.05, 3.63) is 82.9 Å². The Morgan fingerprint density at radius 1 is 1.06 bits per heavy atom. The molecule has 0 saturated carbocycles. The van der Waals surface area contributed by atoms with Crippen molar-refractivity contribution in [1.29, 1.82) is 0 Å². The topological polar surface area (TPSA) is 145 Å². The molecule has 4 N–H and O–H groups in total. The second-order valence-electron chi connectivity index (χ2n) is 13.5. The number of aromatic nitrogens is 3. The first-order valence-corrected chi connectivity index (χ1v) is 17.8. The molecule has 0 spiro atoms. The summed E-state index contributed by atoms with van der Waals surface area (Å²) in [6, 6.07) is 14.9. The fourth-order valence-electron chi connectivity index (χ4n) is 6.82. The van der Waals surface area contributed by atoms with Crippen LogP contribution in [-0.4, -0.2) is 83.1 Å². The van der Waals surface area contributed by atoms with E-state index in [1.165, 1.54) is 7.11 Å². The Morgan fingerprint density at radius 3 is 2.51 bits per heavy atom. The minimum atomic E-state index is -0.691. The number of halogens is 1. The molecule has 6 rings (SSSR count). The van der Waals surface area contributed by atoms with Gasteiger partial charge >= 0.3 is 6.09 Å². The van der Waals surface area contributed by atoms with Gasteiger partial charge in [0, 0.05) is 50.2 Å².